The minimum absolute atomic E-state index is 0.00335. The van der Waals surface area contributed by atoms with Crippen molar-refractivity contribution in [2.75, 3.05) is 49.6 Å². The number of amides is 1. The molecule has 2 aromatic heterocycles. The van der Waals surface area contributed by atoms with E-state index in [4.69, 9.17) is 14.7 Å². The fourth-order valence-electron chi connectivity index (χ4n) is 5.59. The Bertz CT molecular complexity index is 1520. The van der Waals surface area contributed by atoms with Crippen LogP contribution in [-0.4, -0.2) is 65.6 Å². The number of carbonyl (C=O) groups is 1. The maximum atomic E-state index is 12.8. The Balaban J connectivity index is 1.20. The molecule has 0 spiro atoms. The monoisotopic (exact) mass is 520 g/mol. The Morgan fingerprint density at radius 3 is 2.51 bits per heavy atom. The second-order valence-corrected chi connectivity index (χ2v) is 9.98. The number of pyridine rings is 1. The molecule has 0 bridgehead atoms. The number of aromatic nitrogens is 3. The van der Waals surface area contributed by atoms with Gasteiger partial charge in [0.25, 0.3) is 0 Å². The molecule has 198 valence electrons. The average Bonchev–Trinajstić information content (AvgIpc) is 2.99. The van der Waals surface area contributed by atoms with Gasteiger partial charge in [0, 0.05) is 61.6 Å². The number of carbonyl (C=O) groups excluding carboxylic acids is 1. The van der Waals surface area contributed by atoms with E-state index in [2.05, 4.69) is 58.1 Å². The average molecular weight is 521 g/mol. The molecule has 8 heteroatoms. The number of anilines is 2. The number of ether oxygens (including phenoxy) is 1. The zero-order valence-corrected chi connectivity index (χ0v) is 22.4. The molecule has 2 aliphatic heterocycles. The van der Waals surface area contributed by atoms with Gasteiger partial charge in [-0.25, -0.2) is 0 Å². The van der Waals surface area contributed by atoms with Crippen LogP contribution in [0.2, 0.25) is 0 Å². The molecule has 8 nitrogen and oxygen atoms in total. The highest BCUT2D eigenvalue weighted by molar-refractivity contribution is 5.97. The summed E-state index contributed by atoms with van der Waals surface area (Å²) in [5, 5.41) is 2.55. The molecule has 1 fully saturated rings. The Morgan fingerprint density at radius 2 is 1.74 bits per heavy atom. The second-order valence-electron chi connectivity index (χ2n) is 9.98. The summed E-state index contributed by atoms with van der Waals surface area (Å²) in [6.45, 7) is 6.45. The van der Waals surface area contributed by atoms with Crippen molar-refractivity contribution < 1.29 is 9.53 Å². The summed E-state index contributed by atoms with van der Waals surface area (Å²) in [5.74, 6) is 0.936. The summed E-state index contributed by atoms with van der Waals surface area (Å²) < 4.78 is 5.53. The van der Waals surface area contributed by atoms with Crippen molar-refractivity contribution in [3.05, 3.63) is 89.4 Å². The molecule has 0 saturated carbocycles. The van der Waals surface area contributed by atoms with Gasteiger partial charge < -0.3 is 19.4 Å². The Morgan fingerprint density at radius 1 is 0.923 bits per heavy atom. The van der Waals surface area contributed by atoms with Crippen LogP contribution >= 0.6 is 0 Å². The lowest BCUT2D eigenvalue weighted by Crippen LogP contribution is -2.49. The summed E-state index contributed by atoms with van der Waals surface area (Å²) >= 11 is 0. The summed E-state index contributed by atoms with van der Waals surface area (Å²) in [7, 11) is 1.62. The van der Waals surface area contributed by atoms with Gasteiger partial charge >= 0.3 is 6.01 Å². The largest absolute Gasteiger partial charge is 0.467 e. The summed E-state index contributed by atoms with van der Waals surface area (Å²) in [6.07, 6.45) is 5.95. The molecule has 4 aromatic rings. The third-order valence-corrected chi connectivity index (χ3v) is 7.61. The molecular weight excluding hydrogens is 488 g/mol. The number of aryl methyl sites for hydroxylation is 1. The maximum absolute atomic E-state index is 12.8. The highest BCUT2D eigenvalue weighted by Crippen LogP contribution is 2.35. The molecule has 0 N–H and O–H groups in total. The molecule has 1 saturated heterocycles. The Kier molecular flexibility index (Phi) is 6.84. The molecule has 0 atom stereocenters. The fraction of sp³-hybridized carbons (Fsp3) is 0.290. The van der Waals surface area contributed by atoms with Gasteiger partial charge in [-0.15, -0.1) is 0 Å². The highest BCUT2D eigenvalue weighted by Gasteiger charge is 2.29. The van der Waals surface area contributed by atoms with Gasteiger partial charge in [-0.1, -0.05) is 36.4 Å². The number of fused-ring (bicyclic) bond motifs is 2. The lowest BCUT2D eigenvalue weighted by atomic mass is 9.99. The van der Waals surface area contributed by atoms with Crippen molar-refractivity contribution in [1.82, 2.24) is 19.9 Å². The summed E-state index contributed by atoms with van der Waals surface area (Å²) in [6, 6.07) is 19.0. The molecule has 1 amide bonds. The summed E-state index contributed by atoms with van der Waals surface area (Å²) in [4.78, 5) is 33.2. The normalized spacial score (nSPS) is 15.6. The zero-order chi connectivity index (χ0) is 26.8. The van der Waals surface area contributed by atoms with Crippen molar-refractivity contribution in [2.45, 2.75) is 19.9 Å². The van der Waals surface area contributed by atoms with E-state index in [0.29, 0.717) is 38.7 Å². The smallest absolute Gasteiger partial charge is 0.318 e. The van der Waals surface area contributed by atoms with E-state index in [0.717, 1.165) is 30.2 Å². The van der Waals surface area contributed by atoms with Crippen molar-refractivity contribution in [2.24, 2.45) is 0 Å². The van der Waals surface area contributed by atoms with Gasteiger partial charge in [-0.3, -0.25) is 9.78 Å². The van der Waals surface area contributed by atoms with Crippen molar-refractivity contribution >= 4 is 34.3 Å². The minimum atomic E-state index is 0.00335. The molecule has 0 aliphatic carbocycles. The van der Waals surface area contributed by atoms with Crippen LogP contribution in [0.5, 0.6) is 6.01 Å². The zero-order valence-electron chi connectivity index (χ0n) is 22.4. The number of methoxy groups -OCH3 is 1. The lowest BCUT2D eigenvalue weighted by molar-refractivity contribution is -0.126. The topological polar surface area (TPSA) is 74.7 Å². The van der Waals surface area contributed by atoms with Gasteiger partial charge in [-0.05, 0) is 48.6 Å². The van der Waals surface area contributed by atoms with Crippen LogP contribution in [0.3, 0.4) is 0 Å². The molecule has 2 aromatic carbocycles. The number of piperazine rings is 1. The summed E-state index contributed by atoms with van der Waals surface area (Å²) in [5.41, 5.74) is 5.47. The SMILES string of the molecule is COc1nc2c(c(N3CCN(C(=O)/C=C/c4ccccn4)CC3)n1)CCN(c1cccc3cccc(C)c13)C2. The Labute approximate surface area is 228 Å². The van der Waals surface area contributed by atoms with E-state index in [1.54, 1.807) is 25.5 Å². The van der Waals surface area contributed by atoms with Crippen LogP contribution in [0.25, 0.3) is 16.8 Å². The predicted molar refractivity (Wildman–Crippen MR) is 154 cm³/mol. The molecule has 2 aliphatic rings. The first kappa shape index (κ1) is 24.9. The fourth-order valence-corrected chi connectivity index (χ4v) is 5.59. The van der Waals surface area contributed by atoms with Crippen molar-refractivity contribution in [3.63, 3.8) is 0 Å². The predicted octanol–water partition coefficient (Wildman–Crippen LogP) is 4.27. The first-order valence-corrected chi connectivity index (χ1v) is 13.4. The van der Waals surface area contributed by atoms with Gasteiger partial charge in [0.15, 0.2) is 0 Å². The maximum Gasteiger partial charge on any atom is 0.318 e. The quantitative estimate of drug-likeness (QED) is 0.364. The second kappa shape index (κ2) is 10.7. The van der Waals surface area contributed by atoms with Crippen LogP contribution in [0.1, 0.15) is 22.5 Å². The van der Waals surface area contributed by atoms with E-state index < -0.39 is 0 Å². The number of rotatable bonds is 5. The van der Waals surface area contributed by atoms with Crippen molar-refractivity contribution in [1.29, 1.82) is 0 Å². The molecular formula is C31H32N6O2. The van der Waals surface area contributed by atoms with Gasteiger partial charge in [0.05, 0.1) is 25.0 Å². The van der Waals surface area contributed by atoms with Crippen LogP contribution in [0.15, 0.2) is 66.9 Å². The van der Waals surface area contributed by atoms with E-state index >= 15 is 0 Å². The first-order valence-electron chi connectivity index (χ1n) is 13.4. The molecule has 0 radical (unpaired) electrons. The number of nitrogens with zero attached hydrogens (tertiary/aromatic N) is 6. The van der Waals surface area contributed by atoms with Crippen LogP contribution in [0.4, 0.5) is 11.5 Å². The highest BCUT2D eigenvalue weighted by atomic mass is 16.5. The molecule has 6 rings (SSSR count). The van der Waals surface area contributed by atoms with Crippen molar-refractivity contribution in [3.8, 4) is 6.01 Å². The van der Waals surface area contributed by atoms with E-state index in [-0.39, 0.29) is 5.91 Å². The number of benzene rings is 2. The van der Waals surface area contributed by atoms with Crippen LogP contribution < -0.4 is 14.5 Å². The molecule has 0 unspecified atom stereocenters. The minimum Gasteiger partial charge on any atom is -0.467 e. The van der Waals surface area contributed by atoms with E-state index in [1.165, 1.54) is 27.6 Å². The first-order chi connectivity index (χ1) is 19.1. The third kappa shape index (κ3) is 5.02. The molecule has 39 heavy (non-hydrogen) atoms. The molecule has 4 heterocycles. The number of hydrogen-bond acceptors (Lipinski definition) is 7. The standard InChI is InChI=1S/C31H32N6O2/c1-22-7-5-8-23-9-6-11-27(29(22)23)37-16-14-25-26(21-37)33-31(39-2)34-30(25)36-19-17-35(18-20-36)28(38)13-12-24-10-3-4-15-32-24/h3-13,15H,14,16-21H2,1-2H3/b13-12+. The van der Waals surface area contributed by atoms with E-state index in [1.807, 2.05) is 23.1 Å². The van der Waals surface area contributed by atoms with Crippen LogP contribution in [0, 0.1) is 6.92 Å². The van der Waals surface area contributed by atoms with Crippen LogP contribution in [-0.2, 0) is 17.8 Å². The van der Waals surface area contributed by atoms with Gasteiger partial charge in [-0.2, -0.15) is 9.97 Å². The van der Waals surface area contributed by atoms with Gasteiger partial charge in [0.2, 0.25) is 5.91 Å². The number of hydrogen-bond donors (Lipinski definition) is 0. The third-order valence-electron chi connectivity index (χ3n) is 7.61. The lowest BCUT2D eigenvalue weighted by Gasteiger charge is -2.38. The van der Waals surface area contributed by atoms with E-state index in [9.17, 15) is 4.79 Å². The van der Waals surface area contributed by atoms with Gasteiger partial charge in [0.1, 0.15) is 5.82 Å². The Hall–Kier alpha value is -4.46.